The van der Waals surface area contributed by atoms with Gasteiger partial charge in [-0.3, -0.25) is 0 Å². The van der Waals surface area contributed by atoms with Gasteiger partial charge in [0.1, 0.15) is 6.07 Å². The minimum absolute atomic E-state index is 0.401. The summed E-state index contributed by atoms with van der Waals surface area (Å²) < 4.78 is 11.8. The van der Waals surface area contributed by atoms with Gasteiger partial charge in [0.2, 0.25) is 0 Å². The fourth-order valence-corrected chi connectivity index (χ4v) is 2.05. The van der Waals surface area contributed by atoms with Gasteiger partial charge in [0, 0.05) is 5.46 Å². The van der Waals surface area contributed by atoms with Crippen LogP contribution in [-0.2, 0) is 9.31 Å². The van der Waals surface area contributed by atoms with Gasteiger partial charge in [-0.1, -0.05) is 23.7 Å². The molecular formula is C13H15BClNO2. The number of benzene rings is 1. The van der Waals surface area contributed by atoms with E-state index in [-0.39, 0.29) is 0 Å². The molecule has 1 aliphatic heterocycles. The lowest BCUT2D eigenvalue weighted by Crippen LogP contribution is -2.41. The third-order valence-electron chi connectivity index (χ3n) is 3.66. The Morgan fingerprint density at radius 1 is 1.17 bits per heavy atom. The lowest BCUT2D eigenvalue weighted by molar-refractivity contribution is 0.00578. The van der Waals surface area contributed by atoms with Crippen molar-refractivity contribution in [3.63, 3.8) is 0 Å². The van der Waals surface area contributed by atoms with Crippen molar-refractivity contribution in [2.24, 2.45) is 0 Å². The molecule has 94 valence electrons. The summed E-state index contributed by atoms with van der Waals surface area (Å²) in [7, 11) is -0.532. The number of halogens is 1. The van der Waals surface area contributed by atoms with Crippen molar-refractivity contribution >= 4 is 24.2 Å². The van der Waals surface area contributed by atoms with Gasteiger partial charge in [-0.2, -0.15) is 5.26 Å². The minimum atomic E-state index is -0.532. The van der Waals surface area contributed by atoms with Crippen molar-refractivity contribution in [3.05, 3.63) is 28.8 Å². The summed E-state index contributed by atoms with van der Waals surface area (Å²) in [6.07, 6.45) is 0. The molecule has 0 saturated carbocycles. The van der Waals surface area contributed by atoms with Crippen LogP contribution in [0.25, 0.3) is 0 Å². The first-order valence-electron chi connectivity index (χ1n) is 5.82. The molecule has 1 aromatic carbocycles. The third kappa shape index (κ3) is 2.03. The van der Waals surface area contributed by atoms with Gasteiger partial charge in [0.05, 0.1) is 21.8 Å². The second-order valence-electron chi connectivity index (χ2n) is 5.41. The molecule has 1 heterocycles. The minimum Gasteiger partial charge on any atom is -0.399 e. The zero-order chi connectivity index (χ0) is 13.6. The molecule has 0 bridgehead atoms. The van der Waals surface area contributed by atoms with Crippen molar-refractivity contribution < 1.29 is 9.31 Å². The topological polar surface area (TPSA) is 42.2 Å². The van der Waals surface area contributed by atoms with E-state index >= 15 is 0 Å². The third-order valence-corrected chi connectivity index (χ3v) is 4.08. The molecule has 0 aromatic heterocycles. The van der Waals surface area contributed by atoms with E-state index in [0.717, 1.165) is 0 Å². The van der Waals surface area contributed by atoms with Crippen LogP contribution >= 0.6 is 11.6 Å². The molecule has 3 nitrogen and oxygen atoms in total. The summed E-state index contributed by atoms with van der Waals surface area (Å²) in [6.45, 7) is 7.92. The highest BCUT2D eigenvalue weighted by atomic mass is 35.5. The van der Waals surface area contributed by atoms with Crippen molar-refractivity contribution in [2.75, 3.05) is 0 Å². The highest BCUT2D eigenvalue weighted by Gasteiger charge is 2.52. The van der Waals surface area contributed by atoms with E-state index in [1.54, 1.807) is 12.1 Å². The fourth-order valence-electron chi connectivity index (χ4n) is 1.79. The molecule has 1 saturated heterocycles. The predicted octanol–water partition coefficient (Wildman–Crippen LogP) is 2.51. The van der Waals surface area contributed by atoms with Crippen LogP contribution in [0, 0.1) is 11.3 Å². The Morgan fingerprint density at radius 3 is 2.22 bits per heavy atom. The number of hydrogen-bond donors (Lipinski definition) is 0. The average molecular weight is 264 g/mol. The molecule has 0 N–H and O–H groups in total. The second-order valence-corrected chi connectivity index (χ2v) is 5.79. The summed E-state index contributed by atoms with van der Waals surface area (Å²) in [5, 5.41) is 9.38. The van der Waals surface area contributed by atoms with Crippen LogP contribution in [0.3, 0.4) is 0 Å². The first-order valence-corrected chi connectivity index (χ1v) is 6.20. The van der Waals surface area contributed by atoms with E-state index in [1.807, 2.05) is 33.8 Å². The van der Waals surface area contributed by atoms with E-state index in [4.69, 9.17) is 26.2 Å². The summed E-state index contributed by atoms with van der Waals surface area (Å²) in [5.41, 5.74) is 0.311. The van der Waals surface area contributed by atoms with Crippen LogP contribution in [0.2, 0.25) is 5.02 Å². The van der Waals surface area contributed by atoms with E-state index < -0.39 is 18.3 Å². The van der Waals surface area contributed by atoms with Crippen LogP contribution in [0.4, 0.5) is 0 Å². The van der Waals surface area contributed by atoms with Crippen molar-refractivity contribution in [2.45, 2.75) is 38.9 Å². The molecule has 2 rings (SSSR count). The van der Waals surface area contributed by atoms with E-state index in [0.29, 0.717) is 16.0 Å². The van der Waals surface area contributed by atoms with Gasteiger partial charge in [-0.15, -0.1) is 0 Å². The molecule has 0 atom stereocenters. The van der Waals surface area contributed by atoms with Gasteiger partial charge in [-0.25, -0.2) is 0 Å². The van der Waals surface area contributed by atoms with Crippen LogP contribution < -0.4 is 5.46 Å². The molecule has 1 aromatic rings. The molecule has 0 aliphatic carbocycles. The van der Waals surface area contributed by atoms with Gasteiger partial charge in [0.25, 0.3) is 0 Å². The van der Waals surface area contributed by atoms with Crippen LogP contribution in [0.1, 0.15) is 33.3 Å². The Kier molecular flexibility index (Phi) is 3.18. The average Bonchev–Trinajstić information content (AvgIpc) is 2.48. The summed E-state index contributed by atoms with van der Waals surface area (Å²) in [4.78, 5) is 0. The number of rotatable bonds is 1. The van der Waals surface area contributed by atoms with E-state index in [2.05, 4.69) is 6.07 Å². The van der Waals surface area contributed by atoms with Gasteiger partial charge in [-0.05, 0) is 33.8 Å². The summed E-state index contributed by atoms with van der Waals surface area (Å²) in [6, 6.07) is 7.34. The number of hydrogen-bond acceptors (Lipinski definition) is 3. The monoisotopic (exact) mass is 263 g/mol. The Balaban J connectivity index is 2.39. The van der Waals surface area contributed by atoms with Crippen molar-refractivity contribution in [3.8, 4) is 6.07 Å². The number of nitrogens with zero attached hydrogens (tertiary/aromatic N) is 1. The lowest BCUT2D eigenvalue weighted by Gasteiger charge is -2.32. The number of nitriles is 1. The van der Waals surface area contributed by atoms with Gasteiger partial charge < -0.3 is 9.31 Å². The molecule has 0 amide bonds. The zero-order valence-corrected chi connectivity index (χ0v) is 11.7. The van der Waals surface area contributed by atoms with Crippen molar-refractivity contribution in [1.82, 2.24) is 0 Å². The van der Waals surface area contributed by atoms with Gasteiger partial charge >= 0.3 is 7.12 Å². The van der Waals surface area contributed by atoms with Crippen LogP contribution in [0.5, 0.6) is 0 Å². The fraction of sp³-hybridized carbons (Fsp3) is 0.462. The maximum Gasteiger partial charge on any atom is 0.496 e. The standard InChI is InChI=1S/C13H15BClNO2/c1-12(2)13(3,4)18-14(17-12)10-7-5-6-9(8-16)11(10)15/h5-7H,1-4H3. The highest BCUT2D eigenvalue weighted by Crippen LogP contribution is 2.37. The van der Waals surface area contributed by atoms with E-state index in [9.17, 15) is 0 Å². The Hall–Kier alpha value is -1.02. The summed E-state index contributed by atoms with van der Waals surface area (Å²) >= 11 is 6.19. The van der Waals surface area contributed by atoms with E-state index in [1.165, 1.54) is 0 Å². The quantitative estimate of drug-likeness (QED) is 0.731. The molecule has 5 heteroatoms. The SMILES string of the molecule is CC1(C)OB(c2cccc(C#N)c2Cl)OC1(C)C. The maximum absolute atomic E-state index is 8.97. The smallest absolute Gasteiger partial charge is 0.399 e. The Bertz CT molecular complexity index is 506. The Morgan fingerprint density at radius 2 is 1.72 bits per heavy atom. The van der Waals surface area contributed by atoms with Crippen molar-refractivity contribution in [1.29, 1.82) is 5.26 Å². The van der Waals surface area contributed by atoms with Gasteiger partial charge in [0.15, 0.2) is 0 Å². The zero-order valence-electron chi connectivity index (χ0n) is 11.0. The lowest BCUT2D eigenvalue weighted by atomic mass is 9.78. The maximum atomic E-state index is 8.97. The molecule has 0 unspecified atom stereocenters. The summed E-state index contributed by atoms with van der Waals surface area (Å²) in [5.74, 6) is 0. The molecule has 1 aliphatic rings. The highest BCUT2D eigenvalue weighted by molar-refractivity contribution is 6.65. The van der Waals surface area contributed by atoms with Crippen LogP contribution in [0.15, 0.2) is 18.2 Å². The first kappa shape index (κ1) is 13.4. The molecular weight excluding hydrogens is 248 g/mol. The Labute approximate surface area is 113 Å². The molecule has 0 spiro atoms. The molecule has 0 radical (unpaired) electrons. The molecule has 1 fully saturated rings. The predicted molar refractivity (Wildman–Crippen MR) is 71.9 cm³/mol. The normalized spacial score (nSPS) is 20.8. The molecule has 18 heavy (non-hydrogen) atoms. The second kappa shape index (κ2) is 4.27. The first-order chi connectivity index (χ1) is 8.28. The largest absolute Gasteiger partial charge is 0.496 e. The van der Waals surface area contributed by atoms with Crippen LogP contribution in [-0.4, -0.2) is 18.3 Å².